The Balaban J connectivity index is 1.96. The lowest BCUT2D eigenvalue weighted by molar-refractivity contribution is -0.147. The molecule has 2 heterocycles. The van der Waals surface area contributed by atoms with E-state index in [1.54, 1.807) is 30.3 Å². The van der Waals surface area contributed by atoms with Crippen LogP contribution in [0.1, 0.15) is 5.56 Å². The highest BCUT2D eigenvalue weighted by Gasteiger charge is 2.21. The van der Waals surface area contributed by atoms with E-state index in [1.165, 1.54) is 13.4 Å². The Morgan fingerprint density at radius 3 is 2.77 bits per heavy atom. The first kappa shape index (κ1) is 17.8. The van der Waals surface area contributed by atoms with Crippen LogP contribution in [0.25, 0.3) is 22.5 Å². The van der Waals surface area contributed by atoms with Crippen molar-refractivity contribution in [3.8, 4) is 17.3 Å². The number of fused-ring (bicyclic) bond motifs is 1. The van der Waals surface area contributed by atoms with Crippen molar-refractivity contribution < 1.29 is 27.8 Å². The zero-order valence-corrected chi connectivity index (χ0v) is 14.4. The van der Waals surface area contributed by atoms with Crippen LogP contribution in [0.2, 0.25) is 0 Å². The number of hydrogen-bond acceptors (Lipinski definition) is 7. The highest BCUT2D eigenvalue weighted by atomic mass is 16.6. The van der Waals surface area contributed by atoms with Crippen molar-refractivity contribution in [1.82, 2.24) is 0 Å². The number of aryl methyl sites for hydroxylation is 1. The van der Waals surface area contributed by atoms with E-state index in [9.17, 15) is 9.59 Å². The molecule has 2 aromatic heterocycles. The number of furan rings is 1. The summed E-state index contributed by atoms with van der Waals surface area (Å²) in [5, 5.41) is 0.355. The molecule has 0 bridgehead atoms. The summed E-state index contributed by atoms with van der Waals surface area (Å²) in [6, 6.07) is 8.52. The first-order chi connectivity index (χ1) is 12.6. The van der Waals surface area contributed by atoms with Crippen molar-refractivity contribution in [3.63, 3.8) is 0 Å². The molecule has 0 aliphatic rings. The zero-order valence-electron chi connectivity index (χ0n) is 14.4. The molecule has 0 spiro atoms. The predicted molar refractivity (Wildman–Crippen MR) is 93.3 cm³/mol. The zero-order chi connectivity index (χ0) is 18.5. The summed E-state index contributed by atoms with van der Waals surface area (Å²) in [7, 11) is 1.50. The molecule has 26 heavy (non-hydrogen) atoms. The molecule has 1 aromatic carbocycles. The van der Waals surface area contributed by atoms with Crippen molar-refractivity contribution in [3.05, 3.63) is 52.4 Å². The third-order valence-electron chi connectivity index (χ3n) is 3.64. The van der Waals surface area contributed by atoms with E-state index in [0.29, 0.717) is 16.7 Å². The Hall–Kier alpha value is -3.06. The van der Waals surface area contributed by atoms with E-state index >= 15 is 0 Å². The van der Waals surface area contributed by atoms with Crippen molar-refractivity contribution in [2.75, 3.05) is 26.9 Å². The van der Waals surface area contributed by atoms with Crippen LogP contribution in [0.4, 0.5) is 0 Å². The summed E-state index contributed by atoms with van der Waals surface area (Å²) in [6.45, 7) is 1.85. The third kappa shape index (κ3) is 3.78. The van der Waals surface area contributed by atoms with Crippen LogP contribution >= 0.6 is 0 Å². The topological polar surface area (TPSA) is 88.1 Å². The fourth-order valence-electron chi connectivity index (χ4n) is 2.40. The fourth-order valence-corrected chi connectivity index (χ4v) is 2.40. The van der Waals surface area contributed by atoms with Crippen LogP contribution < -0.4 is 10.2 Å². The second kappa shape index (κ2) is 7.88. The number of ether oxygens (including phenoxy) is 3. The standard InChI is InChI=1S/C19H18O7/c1-12-5-6-13-15(10-12)26-18(14-4-3-7-23-14)19(17(13)21)25-11-16(20)24-9-8-22-2/h3-7,10H,8-9,11H2,1-2H3. The minimum atomic E-state index is -0.615. The summed E-state index contributed by atoms with van der Waals surface area (Å²) >= 11 is 0. The van der Waals surface area contributed by atoms with E-state index < -0.39 is 12.6 Å². The number of carbonyl (C=O) groups excluding carboxylic acids is 1. The van der Waals surface area contributed by atoms with Crippen molar-refractivity contribution in [1.29, 1.82) is 0 Å². The van der Waals surface area contributed by atoms with E-state index in [1.807, 2.05) is 6.92 Å². The van der Waals surface area contributed by atoms with Gasteiger partial charge in [0, 0.05) is 7.11 Å². The van der Waals surface area contributed by atoms with Gasteiger partial charge in [-0.3, -0.25) is 4.79 Å². The summed E-state index contributed by atoms with van der Waals surface area (Å²) < 4.78 is 26.4. The van der Waals surface area contributed by atoms with Crippen LogP contribution in [0.15, 0.2) is 50.2 Å². The minimum Gasteiger partial charge on any atom is -0.474 e. The van der Waals surface area contributed by atoms with E-state index in [0.717, 1.165) is 5.56 Å². The minimum absolute atomic E-state index is 0.0972. The normalized spacial score (nSPS) is 10.8. The van der Waals surface area contributed by atoms with Gasteiger partial charge in [-0.2, -0.15) is 0 Å². The average Bonchev–Trinajstić information content (AvgIpc) is 3.15. The molecule has 0 amide bonds. The molecule has 0 radical (unpaired) electrons. The maximum atomic E-state index is 12.8. The summed E-state index contributed by atoms with van der Waals surface area (Å²) in [5.74, 6) is -0.258. The first-order valence-corrected chi connectivity index (χ1v) is 7.99. The summed E-state index contributed by atoms with van der Waals surface area (Å²) in [5.41, 5.74) is 0.972. The molecule has 0 saturated carbocycles. The van der Waals surface area contributed by atoms with Crippen molar-refractivity contribution >= 4 is 16.9 Å². The van der Waals surface area contributed by atoms with Gasteiger partial charge in [0.2, 0.25) is 16.9 Å². The van der Waals surface area contributed by atoms with E-state index in [2.05, 4.69) is 0 Å². The van der Waals surface area contributed by atoms with Crippen LogP contribution in [-0.2, 0) is 14.3 Å². The number of esters is 1. The number of benzene rings is 1. The second-order valence-corrected chi connectivity index (χ2v) is 5.57. The number of carbonyl (C=O) groups is 1. The van der Waals surface area contributed by atoms with Gasteiger partial charge in [-0.1, -0.05) is 6.07 Å². The van der Waals surface area contributed by atoms with E-state index in [-0.39, 0.29) is 30.2 Å². The monoisotopic (exact) mass is 358 g/mol. The van der Waals surface area contributed by atoms with Gasteiger partial charge in [-0.25, -0.2) is 4.79 Å². The molecule has 136 valence electrons. The molecule has 0 saturated heterocycles. The summed E-state index contributed by atoms with van der Waals surface area (Å²) in [4.78, 5) is 24.6. The molecular weight excluding hydrogens is 340 g/mol. The molecule has 0 aliphatic heterocycles. The smallest absolute Gasteiger partial charge is 0.344 e. The van der Waals surface area contributed by atoms with Gasteiger partial charge in [0.25, 0.3) is 0 Å². The molecular formula is C19H18O7. The van der Waals surface area contributed by atoms with Crippen LogP contribution in [0.3, 0.4) is 0 Å². The molecule has 3 aromatic rings. The fraction of sp³-hybridized carbons (Fsp3) is 0.263. The van der Waals surface area contributed by atoms with E-state index in [4.69, 9.17) is 23.0 Å². The number of hydrogen-bond donors (Lipinski definition) is 0. The predicted octanol–water partition coefficient (Wildman–Crippen LogP) is 2.93. The molecule has 7 nitrogen and oxygen atoms in total. The molecule has 0 atom stereocenters. The molecule has 7 heteroatoms. The maximum absolute atomic E-state index is 12.8. The van der Waals surface area contributed by atoms with Gasteiger partial charge < -0.3 is 23.0 Å². The average molecular weight is 358 g/mol. The first-order valence-electron chi connectivity index (χ1n) is 7.99. The Morgan fingerprint density at radius 1 is 1.19 bits per heavy atom. The molecule has 0 N–H and O–H groups in total. The van der Waals surface area contributed by atoms with Gasteiger partial charge >= 0.3 is 5.97 Å². The largest absolute Gasteiger partial charge is 0.474 e. The number of rotatable bonds is 7. The van der Waals surface area contributed by atoms with Gasteiger partial charge in [-0.15, -0.1) is 0 Å². The molecule has 0 unspecified atom stereocenters. The van der Waals surface area contributed by atoms with Crippen LogP contribution in [-0.4, -0.2) is 32.9 Å². The lowest BCUT2D eigenvalue weighted by Gasteiger charge is -2.10. The quantitative estimate of drug-likeness (QED) is 0.474. The highest BCUT2D eigenvalue weighted by Crippen LogP contribution is 2.31. The Kier molecular flexibility index (Phi) is 5.38. The lowest BCUT2D eigenvalue weighted by atomic mass is 10.1. The highest BCUT2D eigenvalue weighted by molar-refractivity contribution is 5.82. The second-order valence-electron chi connectivity index (χ2n) is 5.57. The van der Waals surface area contributed by atoms with Gasteiger partial charge in [-0.05, 0) is 36.8 Å². The summed E-state index contributed by atoms with van der Waals surface area (Å²) in [6.07, 6.45) is 1.46. The van der Waals surface area contributed by atoms with Gasteiger partial charge in [0.1, 0.15) is 12.2 Å². The Morgan fingerprint density at radius 2 is 2.04 bits per heavy atom. The number of methoxy groups -OCH3 is 1. The van der Waals surface area contributed by atoms with Crippen molar-refractivity contribution in [2.24, 2.45) is 0 Å². The molecule has 0 fully saturated rings. The van der Waals surface area contributed by atoms with Gasteiger partial charge in [0.15, 0.2) is 12.4 Å². The lowest BCUT2D eigenvalue weighted by Crippen LogP contribution is -2.20. The molecule has 0 aliphatic carbocycles. The maximum Gasteiger partial charge on any atom is 0.344 e. The third-order valence-corrected chi connectivity index (χ3v) is 3.64. The Bertz CT molecular complexity index is 954. The SMILES string of the molecule is COCCOC(=O)COc1c(-c2ccco2)oc2cc(C)ccc2c1=O. The Labute approximate surface area is 149 Å². The van der Waals surface area contributed by atoms with Crippen LogP contribution in [0, 0.1) is 6.92 Å². The van der Waals surface area contributed by atoms with Crippen molar-refractivity contribution in [2.45, 2.75) is 6.92 Å². The van der Waals surface area contributed by atoms with Crippen LogP contribution in [0.5, 0.6) is 5.75 Å². The molecule has 3 rings (SSSR count). The van der Waals surface area contributed by atoms with Gasteiger partial charge in [0.05, 0.1) is 18.3 Å².